The van der Waals surface area contributed by atoms with E-state index in [1.165, 1.54) is 12.1 Å². The number of nitrogen functional groups attached to an aromatic ring is 1. The molecule has 92 valence electrons. The zero-order valence-electron chi connectivity index (χ0n) is 9.49. The molecule has 0 spiro atoms. The number of anilines is 1. The summed E-state index contributed by atoms with van der Waals surface area (Å²) >= 11 is 0. The van der Waals surface area contributed by atoms with Gasteiger partial charge in [-0.25, -0.2) is 4.39 Å². The summed E-state index contributed by atoms with van der Waals surface area (Å²) in [6.07, 6.45) is 0.908. The van der Waals surface area contributed by atoms with E-state index in [9.17, 15) is 4.39 Å². The lowest BCUT2D eigenvalue weighted by molar-refractivity contribution is 0.238. The fraction of sp³-hybridized carbons (Fsp3) is 0.417. The molecule has 1 fully saturated rings. The van der Waals surface area contributed by atoms with Gasteiger partial charge in [0.2, 0.25) is 0 Å². The maximum Gasteiger partial charge on any atom is 0.125 e. The van der Waals surface area contributed by atoms with Gasteiger partial charge in [0.05, 0.1) is 0 Å². The number of nitrogens with zero attached hydrogens (tertiary/aromatic N) is 1. The van der Waals surface area contributed by atoms with Crippen LogP contribution in [0.25, 0.3) is 0 Å². The van der Waals surface area contributed by atoms with E-state index < -0.39 is 5.82 Å². The summed E-state index contributed by atoms with van der Waals surface area (Å²) < 4.78 is 13.1. The Morgan fingerprint density at radius 1 is 1.59 bits per heavy atom. The lowest BCUT2D eigenvalue weighted by atomic mass is 10.1. The normalized spacial score (nSPS) is 19.6. The summed E-state index contributed by atoms with van der Waals surface area (Å²) in [5.74, 6) is -0.274. The topological polar surface area (TPSA) is 73.3 Å². The smallest absolute Gasteiger partial charge is 0.125 e. The van der Waals surface area contributed by atoms with E-state index in [4.69, 9.17) is 16.2 Å². The Labute approximate surface area is 99.4 Å². The molecule has 1 unspecified atom stereocenters. The number of hydrogen-bond acceptors (Lipinski definition) is 3. The van der Waals surface area contributed by atoms with Gasteiger partial charge in [-0.15, -0.1) is 0 Å². The van der Waals surface area contributed by atoms with E-state index >= 15 is 0 Å². The molecule has 17 heavy (non-hydrogen) atoms. The predicted molar refractivity (Wildman–Crippen MR) is 64.8 cm³/mol. The molecule has 1 heterocycles. The Kier molecular flexibility index (Phi) is 3.28. The second kappa shape index (κ2) is 4.71. The van der Waals surface area contributed by atoms with E-state index in [1.54, 1.807) is 6.07 Å². The van der Waals surface area contributed by atoms with Gasteiger partial charge in [-0.3, -0.25) is 5.41 Å². The van der Waals surface area contributed by atoms with Crippen molar-refractivity contribution >= 4 is 11.5 Å². The van der Waals surface area contributed by atoms with Crippen molar-refractivity contribution in [3.05, 3.63) is 29.6 Å². The second-order valence-corrected chi connectivity index (χ2v) is 4.36. The average molecular weight is 237 g/mol. The van der Waals surface area contributed by atoms with Crippen LogP contribution in [0, 0.1) is 17.1 Å². The predicted octanol–water partition coefficient (Wildman–Crippen LogP) is 0.928. The highest BCUT2D eigenvalue weighted by atomic mass is 19.1. The lowest BCUT2D eigenvalue weighted by Gasteiger charge is -2.21. The maximum absolute atomic E-state index is 13.1. The average Bonchev–Trinajstić information content (AvgIpc) is 2.77. The molecule has 1 aliphatic rings. The summed E-state index contributed by atoms with van der Waals surface area (Å²) in [6, 6.07) is 4.30. The van der Waals surface area contributed by atoms with Crippen molar-refractivity contribution < 1.29 is 9.50 Å². The molecule has 0 amide bonds. The van der Waals surface area contributed by atoms with E-state index in [1.807, 2.05) is 4.90 Å². The SMILES string of the molecule is N=C(N)c1cc(F)ccc1N1CCC(CO)C1. The Bertz CT molecular complexity index is 436. The first kappa shape index (κ1) is 11.9. The number of aliphatic hydroxyl groups is 1. The molecule has 1 aliphatic heterocycles. The number of nitrogens with one attached hydrogen (secondary N) is 1. The largest absolute Gasteiger partial charge is 0.396 e. The van der Waals surface area contributed by atoms with Crippen molar-refractivity contribution in [1.82, 2.24) is 0 Å². The van der Waals surface area contributed by atoms with Gasteiger partial charge >= 0.3 is 0 Å². The van der Waals surface area contributed by atoms with Gasteiger partial charge in [-0.2, -0.15) is 0 Å². The van der Waals surface area contributed by atoms with Crippen LogP contribution in [0.15, 0.2) is 18.2 Å². The Morgan fingerprint density at radius 2 is 2.35 bits per heavy atom. The summed E-state index contributed by atoms with van der Waals surface area (Å²) in [6.45, 7) is 1.69. The molecule has 1 saturated heterocycles. The molecule has 0 saturated carbocycles. The van der Waals surface area contributed by atoms with E-state index in [2.05, 4.69) is 0 Å². The summed E-state index contributed by atoms with van der Waals surface area (Å²) in [7, 11) is 0. The Morgan fingerprint density at radius 3 is 2.94 bits per heavy atom. The molecule has 1 aromatic rings. The molecule has 2 rings (SSSR count). The van der Waals surface area contributed by atoms with E-state index in [0.29, 0.717) is 5.56 Å². The number of nitrogens with two attached hydrogens (primary N) is 1. The first-order chi connectivity index (χ1) is 8.11. The molecule has 4 nitrogen and oxygen atoms in total. The van der Waals surface area contributed by atoms with Crippen LogP contribution in [-0.2, 0) is 0 Å². The van der Waals surface area contributed by atoms with Crippen LogP contribution in [0.1, 0.15) is 12.0 Å². The minimum atomic E-state index is -0.392. The first-order valence-electron chi connectivity index (χ1n) is 5.61. The third-order valence-corrected chi connectivity index (χ3v) is 3.13. The third kappa shape index (κ3) is 2.39. The van der Waals surface area contributed by atoms with Crippen molar-refractivity contribution in [2.24, 2.45) is 11.7 Å². The van der Waals surface area contributed by atoms with Gasteiger partial charge in [-0.1, -0.05) is 0 Å². The minimum Gasteiger partial charge on any atom is -0.396 e. The number of benzene rings is 1. The van der Waals surface area contributed by atoms with Gasteiger partial charge in [0.25, 0.3) is 0 Å². The van der Waals surface area contributed by atoms with Crippen molar-refractivity contribution in [1.29, 1.82) is 5.41 Å². The summed E-state index contributed by atoms with van der Waals surface area (Å²) in [5.41, 5.74) is 6.65. The molecule has 0 bridgehead atoms. The van der Waals surface area contributed by atoms with Crippen molar-refractivity contribution in [3.8, 4) is 0 Å². The lowest BCUT2D eigenvalue weighted by Crippen LogP contribution is -2.24. The molecule has 0 aromatic heterocycles. The highest BCUT2D eigenvalue weighted by Gasteiger charge is 2.24. The highest BCUT2D eigenvalue weighted by molar-refractivity contribution is 6.00. The summed E-state index contributed by atoms with van der Waals surface area (Å²) in [5, 5.41) is 16.6. The first-order valence-corrected chi connectivity index (χ1v) is 5.61. The molecule has 0 radical (unpaired) electrons. The van der Waals surface area contributed by atoms with Crippen LogP contribution in [0.4, 0.5) is 10.1 Å². The van der Waals surface area contributed by atoms with Gasteiger partial charge in [-0.05, 0) is 24.6 Å². The van der Waals surface area contributed by atoms with Crippen LogP contribution in [-0.4, -0.2) is 30.6 Å². The van der Waals surface area contributed by atoms with Crippen LogP contribution in [0.2, 0.25) is 0 Å². The Hall–Kier alpha value is -1.62. The number of amidine groups is 1. The zero-order chi connectivity index (χ0) is 12.4. The van der Waals surface area contributed by atoms with Crippen LogP contribution < -0.4 is 10.6 Å². The monoisotopic (exact) mass is 237 g/mol. The van der Waals surface area contributed by atoms with Gasteiger partial charge in [0, 0.05) is 36.9 Å². The van der Waals surface area contributed by atoms with Crippen molar-refractivity contribution in [2.45, 2.75) is 6.42 Å². The molecular weight excluding hydrogens is 221 g/mol. The van der Waals surface area contributed by atoms with Gasteiger partial charge < -0.3 is 15.7 Å². The summed E-state index contributed by atoms with van der Waals surface area (Å²) in [4.78, 5) is 2.04. The standard InChI is InChI=1S/C12H16FN3O/c13-9-1-2-11(10(5-9)12(14)15)16-4-3-8(6-16)7-17/h1-2,5,8,17H,3-4,6-7H2,(H3,14,15). The number of rotatable bonds is 3. The Balaban J connectivity index is 2.29. The quantitative estimate of drug-likeness (QED) is 0.541. The number of hydrogen-bond donors (Lipinski definition) is 3. The van der Waals surface area contributed by atoms with Crippen molar-refractivity contribution in [3.63, 3.8) is 0 Å². The molecule has 4 N–H and O–H groups in total. The molecule has 1 aromatic carbocycles. The van der Waals surface area contributed by atoms with Crippen LogP contribution in [0.3, 0.4) is 0 Å². The highest BCUT2D eigenvalue weighted by Crippen LogP contribution is 2.27. The van der Waals surface area contributed by atoms with E-state index in [-0.39, 0.29) is 18.4 Å². The molecular formula is C12H16FN3O. The van der Waals surface area contributed by atoms with Crippen LogP contribution in [0.5, 0.6) is 0 Å². The third-order valence-electron chi connectivity index (χ3n) is 3.13. The van der Waals surface area contributed by atoms with Gasteiger partial charge in [0.1, 0.15) is 11.7 Å². The van der Waals surface area contributed by atoms with Crippen molar-refractivity contribution in [2.75, 3.05) is 24.6 Å². The second-order valence-electron chi connectivity index (χ2n) is 4.36. The molecule has 5 heteroatoms. The zero-order valence-corrected chi connectivity index (χ0v) is 9.49. The fourth-order valence-corrected chi connectivity index (χ4v) is 2.20. The fourth-order valence-electron chi connectivity index (χ4n) is 2.20. The molecule has 0 aliphatic carbocycles. The molecule has 1 atom stereocenters. The van der Waals surface area contributed by atoms with Crippen LogP contribution >= 0.6 is 0 Å². The van der Waals surface area contributed by atoms with E-state index in [0.717, 1.165) is 25.2 Å². The minimum absolute atomic E-state index is 0.132. The number of aliphatic hydroxyl groups excluding tert-OH is 1. The van der Waals surface area contributed by atoms with Gasteiger partial charge in [0.15, 0.2) is 0 Å². The number of halogens is 1. The maximum atomic E-state index is 13.1.